The van der Waals surface area contributed by atoms with Gasteiger partial charge in [-0.2, -0.15) is 0 Å². The number of likely N-dealkylation sites (tertiary alicyclic amines) is 1. The first-order valence-corrected chi connectivity index (χ1v) is 8.21. The second-order valence-corrected chi connectivity index (χ2v) is 6.24. The number of hydrogen-bond donors (Lipinski definition) is 1. The summed E-state index contributed by atoms with van der Waals surface area (Å²) >= 11 is 0. The SMILES string of the molecule is O=Cc1cn(CC(O)CN2CCCCCC2)c2ccccc12. The van der Waals surface area contributed by atoms with Crippen molar-refractivity contribution in [3.05, 3.63) is 36.0 Å². The van der Waals surface area contributed by atoms with E-state index < -0.39 is 6.10 Å². The van der Waals surface area contributed by atoms with Crippen molar-refractivity contribution in [2.24, 2.45) is 0 Å². The van der Waals surface area contributed by atoms with Gasteiger partial charge in [-0.15, -0.1) is 0 Å². The fourth-order valence-electron chi connectivity index (χ4n) is 3.42. The van der Waals surface area contributed by atoms with E-state index in [2.05, 4.69) is 4.90 Å². The van der Waals surface area contributed by atoms with Gasteiger partial charge < -0.3 is 14.6 Å². The molecule has 4 heteroatoms. The highest BCUT2D eigenvalue weighted by Crippen LogP contribution is 2.20. The number of β-amino-alcohol motifs (C(OH)–C–C–N with tert-alkyl or cyclic N) is 1. The molecular weight excluding hydrogens is 276 g/mol. The number of carbonyl (C=O) groups excluding carboxylic acids is 1. The number of aromatic nitrogens is 1. The van der Waals surface area contributed by atoms with Gasteiger partial charge in [-0.1, -0.05) is 31.0 Å². The van der Waals surface area contributed by atoms with Crippen molar-refractivity contribution in [1.29, 1.82) is 0 Å². The Hall–Kier alpha value is -1.65. The summed E-state index contributed by atoms with van der Waals surface area (Å²) in [5, 5.41) is 11.4. The van der Waals surface area contributed by atoms with Crippen LogP contribution in [0.3, 0.4) is 0 Å². The molecule has 1 atom stereocenters. The molecule has 1 fully saturated rings. The van der Waals surface area contributed by atoms with Gasteiger partial charge in [0, 0.05) is 35.8 Å². The van der Waals surface area contributed by atoms with Crippen LogP contribution in [0.15, 0.2) is 30.5 Å². The topological polar surface area (TPSA) is 45.5 Å². The van der Waals surface area contributed by atoms with Gasteiger partial charge in [-0.3, -0.25) is 4.79 Å². The zero-order chi connectivity index (χ0) is 15.4. The normalized spacial score (nSPS) is 18.2. The molecule has 2 aromatic rings. The number of aliphatic hydroxyl groups is 1. The van der Waals surface area contributed by atoms with Gasteiger partial charge in [0.1, 0.15) is 0 Å². The molecule has 0 bridgehead atoms. The fraction of sp³-hybridized carbons (Fsp3) is 0.500. The monoisotopic (exact) mass is 300 g/mol. The lowest BCUT2D eigenvalue weighted by Gasteiger charge is -2.23. The van der Waals surface area contributed by atoms with E-state index in [0.29, 0.717) is 18.7 Å². The largest absolute Gasteiger partial charge is 0.390 e. The van der Waals surface area contributed by atoms with Gasteiger partial charge in [0.15, 0.2) is 6.29 Å². The quantitative estimate of drug-likeness (QED) is 0.864. The predicted octanol–water partition coefficient (Wildman–Crippen LogP) is 2.69. The van der Waals surface area contributed by atoms with Crippen LogP contribution in [0.4, 0.5) is 0 Å². The molecule has 0 amide bonds. The average Bonchev–Trinajstić information content (AvgIpc) is 2.70. The lowest BCUT2D eigenvalue weighted by molar-refractivity contribution is 0.100. The highest BCUT2D eigenvalue weighted by atomic mass is 16.3. The smallest absolute Gasteiger partial charge is 0.152 e. The Morgan fingerprint density at radius 1 is 1.09 bits per heavy atom. The van der Waals surface area contributed by atoms with E-state index in [1.807, 2.05) is 35.0 Å². The Morgan fingerprint density at radius 3 is 2.55 bits per heavy atom. The maximum Gasteiger partial charge on any atom is 0.152 e. The molecule has 2 heterocycles. The molecule has 1 aromatic heterocycles. The molecular formula is C18H24N2O2. The Morgan fingerprint density at radius 2 is 1.82 bits per heavy atom. The third-order valence-electron chi connectivity index (χ3n) is 4.52. The van der Waals surface area contributed by atoms with Crippen LogP contribution in [-0.4, -0.2) is 46.6 Å². The standard InChI is InChI=1S/C18H24N2O2/c21-14-15-11-20(18-8-4-3-7-17(15)18)13-16(22)12-19-9-5-1-2-6-10-19/h3-4,7-8,11,14,16,22H,1-2,5-6,9-10,12-13H2. The molecule has 0 aliphatic carbocycles. The van der Waals surface area contributed by atoms with Crippen LogP contribution in [0, 0.1) is 0 Å². The average molecular weight is 300 g/mol. The molecule has 0 radical (unpaired) electrons. The number of rotatable bonds is 5. The molecule has 3 rings (SSSR count). The molecule has 1 aliphatic heterocycles. The molecule has 22 heavy (non-hydrogen) atoms. The summed E-state index contributed by atoms with van der Waals surface area (Å²) < 4.78 is 2.00. The second kappa shape index (κ2) is 7.07. The van der Waals surface area contributed by atoms with Gasteiger partial charge in [-0.05, 0) is 32.0 Å². The maximum absolute atomic E-state index is 11.2. The van der Waals surface area contributed by atoms with E-state index in [9.17, 15) is 9.90 Å². The summed E-state index contributed by atoms with van der Waals surface area (Å²) in [7, 11) is 0. The van der Waals surface area contributed by atoms with Crippen molar-refractivity contribution < 1.29 is 9.90 Å². The van der Waals surface area contributed by atoms with Gasteiger partial charge in [-0.25, -0.2) is 0 Å². The van der Waals surface area contributed by atoms with Crippen LogP contribution in [0.25, 0.3) is 10.9 Å². The third kappa shape index (κ3) is 3.39. The molecule has 1 aromatic carbocycles. The summed E-state index contributed by atoms with van der Waals surface area (Å²) in [5.74, 6) is 0. The van der Waals surface area contributed by atoms with Gasteiger partial charge >= 0.3 is 0 Å². The lowest BCUT2D eigenvalue weighted by Crippen LogP contribution is -2.35. The molecule has 1 aliphatic rings. The first-order chi connectivity index (χ1) is 10.8. The summed E-state index contributed by atoms with van der Waals surface area (Å²) in [5.41, 5.74) is 1.71. The van der Waals surface area contributed by atoms with E-state index >= 15 is 0 Å². The van der Waals surface area contributed by atoms with E-state index in [-0.39, 0.29) is 0 Å². The minimum Gasteiger partial charge on any atom is -0.390 e. The predicted molar refractivity (Wildman–Crippen MR) is 88.2 cm³/mol. The van der Waals surface area contributed by atoms with Crippen LogP contribution >= 0.6 is 0 Å². The number of fused-ring (bicyclic) bond motifs is 1. The number of aldehydes is 1. The lowest BCUT2D eigenvalue weighted by atomic mass is 10.2. The van der Waals surface area contributed by atoms with Crippen molar-refractivity contribution in [3.8, 4) is 0 Å². The van der Waals surface area contributed by atoms with Crippen LogP contribution in [-0.2, 0) is 6.54 Å². The van der Waals surface area contributed by atoms with Crippen molar-refractivity contribution in [2.75, 3.05) is 19.6 Å². The maximum atomic E-state index is 11.2. The van der Waals surface area contributed by atoms with Crippen molar-refractivity contribution in [2.45, 2.75) is 38.3 Å². The van der Waals surface area contributed by atoms with E-state index in [1.165, 1.54) is 25.7 Å². The summed E-state index contributed by atoms with van der Waals surface area (Å²) in [6.45, 7) is 3.42. The Balaban J connectivity index is 1.70. The molecule has 1 N–H and O–H groups in total. The summed E-state index contributed by atoms with van der Waals surface area (Å²) in [6.07, 6.45) is 7.40. The number of carbonyl (C=O) groups is 1. The van der Waals surface area contributed by atoms with Crippen molar-refractivity contribution >= 4 is 17.2 Å². The first-order valence-electron chi connectivity index (χ1n) is 8.21. The van der Waals surface area contributed by atoms with Gasteiger partial charge in [0.2, 0.25) is 0 Å². The highest BCUT2D eigenvalue weighted by molar-refractivity contribution is 5.97. The zero-order valence-corrected chi connectivity index (χ0v) is 12.9. The van der Waals surface area contributed by atoms with Gasteiger partial charge in [0.25, 0.3) is 0 Å². The van der Waals surface area contributed by atoms with Crippen LogP contribution in [0.1, 0.15) is 36.0 Å². The number of aliphatic hydroxyl groups excluding tert-OH is 1. The van der Waals surface area contributed by atoms with Crippen LogP contribution in [0.2, 0.25) is 0 Å². The second-order valence-electron chi connectivity index (χ2n) is 6.24. The Kier molecular flexibility index (Phi) is 4.90. The van der Waals surface area contributed by atoms with E-state index in [0.717, 1.165) is 30.3 Å². The molecule has 1 saturated heterocycles. The fourth-order valence-corrected chi connectivity index (χ4v) is 3.42. The van der Waals surface area contributed by atoms with Gasteiger partial charge in [0.05, 0.1) is 6.10 Å². The van der Waals surface area contributed by atoms with Crippen LogP contribution < -0.4 is 0 Å². The number of benzene rings is 1. The first kappa shape index (κ1) is 15.3. The zero-order valence-electron chi connectivity index (χ0n) is 12.9. The molecule has 0 saturated carbocycles. The van der Waals surface area contributed by atoms with Crippen LogP contribution in [0.5, 0.6) is 0 Å². The molecule has 4 nitrogen and oxygen atoms in total. The van der Waals surface area contributed by atoms with E-state index in [4.69, 9.17) is 0 Å². The summed E-state index contributed by atoms with van der Waals surface area (Å²) in [4.78, 5) is 13.6. The van der Waals surface area contributed by atoms with E-state index in [1.54, 1.807) is 0 Å². The van der Waals surface area contributed by atoms with Crippen molar-refractivity contribution in [3.63, 3.8) is 0 Å². The summed E-state index contributed by atoms with van der Waals surface area (Å²) in [6, 6.07) is 7.86. The third-order valence-corrected chi connectivity index (χ3v) is 4.52. The Bertz CT molecular complexity index is 627. The Labute approximate surface area is 131 Å². The molecule has 118 valence electrons. The minimum atomic E-state index is -0.409. The minimum absolute atomic E-state index is 0.409. The molecule has 1 unspecified atom stereocenters. The van der Waals surface area contributed by atoms with Crippen molar-refractivity contribution in [1.82, 2.24) is 9.47 Å². The number of nitrogens with zero attached hydrogens (tertiary/aromatic N) is 2. The molecule has 0 spiro atoms. The highest BCUT2D eigenvalue weighted by Gasteiger charge is 2.16. The number of hydrogen-bond acceptors (Lipinski definition) is 3. The number of para-hydroxylation sites is 1.